The quantitative estimate of drug-likeness (QED) is 0.433. The Kier molecular flexibility index (Phi) is 7.58. The molecule has 1 unspecified atom stereocenters. The lowest BCUT2D eigenvalue weighted by Crippen LogP contribution is -2.24. The molecule has 1 saturated carbocycles. The molecule has 4 rings (SSSR count). The first kappa shape index (κ1) is 23.9. The molecular formula is C28H31FN2O3. The zero-order chi connectivity index (χ0) is 24.1. The van der Waals surface area contributed by atoms with Crippen molar-refractivity contribution in [1.82, 2.24) is 10.3 Å². The van der Waals surface area contributed by atoms with E-state index in [1.165, 1.54) is 6.07 Å². The monoisotopic (exact) mass is 462 g/mol. The predicted molar refractivity (Wildman–Crippen MR) is 130 cm³/mol. The number of aromatic nitrogens is 1. The lowest BCUT2D eigenvalue weighted by molar-refractivity contribution is 0.0945. The Hall–Kier alpha value is -3.25. The number of ether oxygens (including phenoxy) is 1. The number of rotatable bonds is 10. The standard InChI is InChI=1S/C28H31FN2O3/c1-18-7-9-21(13-26(18)29)15-30-27(33)25-14-23(16-31-28(25)34-17-20-10-11-20)24-6-4-3-5-22(24)12-8-19(2)32/h3-7,9,13-14,16,19-20,32H,8,10-12,15,17H2,1-2H3,(H,30,33). The molecule has 6 heteroatoms. The van der Waals surface area contributed by atoms with Gasteiger partial charge in [-0.25, -0.2) is 9.37 Å². The molecule has 0 saturated heterocycles. The Morgan fingerprint density at radius 2 is 2.03 bits per heavy atom. The summed E-state index contributed by atoms with van der Waals surface area (Å²) in [7, 11) is 0. The van der Waals surface area contributed by atoms with Crippen molar-refractivity contribution in [2.24, 2.45) is 5.92 Å². The van der Waals surface area contributed by atoms with Gasteiger partial charge in [0.25, 0.3) is 5.91 Å². The molecule has 1 aliphatic carbocycles. The maximum absolute atomic E-state index is 13.9. The van der Waals surface area contributed by atoms with Crippen molar-refractivity contribution in [3.05, 3.63) is 82.8 Å². The third kappa shape index (κ3) is 6.20. The second-order valence-electron chi connectivity index (χ2n) is 9.14. The Morgan fingerprint density at radius 3 is 2.76 bits per heavy atom. The number of aliphatic hydroxyl groups is 1. The molecule has 2 aromatic carbocycles. The zero-order valence-corrected chi connectivity index (χ0v) is 19.7. The van der Waals surface area contributed by atoms with Crippen molar-refractivity contribution in [1.29, 1.82) is 0 Å². The first-order valence-electron chi connectivity index (χ1n) is 11.8. The van der Waals surface area contributed by atoms with Crippen LogP contribution in [0.15, 0.2) is 54.7 Å². The molecule has 1 aliphatic rings. The highest BCUT2D eigenvalue weighted by Gasteiger charge is 2.24. The summed E-state index contributed by atoms with van der Waals surface area (Å²) in [6, 6.07) is 14.7. The van der Waals surface area contributed by atoms with E-state index in [-0.39, 0.29) is 18.3 Å². The largest absolute Gasteiger partial charge is 0.477 e. The third-order valence-electron chi connectivity index (χ3n) is 6.10. The van der Waals surface area contributed by atoms with Crippen LogP contribution in [0.5, 0.6) is 5.88 Å². The van der Waals surface area contributed by atoms with Crippen molar-refractivity contribution in [3.8, 4) is 17.0 Å². The lowest BCUT2D eigenvalue weighted by Gasteiger charge is -2.15. The van der Waals surface area contributed by atoms with Crippen molar-refractivity contribution in [2.45, 2.75) is 52.2 Å². The Bertz CT molecular complexity index is 1160. The molecule has 0 bridgehead atoms. The number of nitrogens with zero attached hydrogens (tertiary/aromatic N) is 1. The van der Waals surface area contributed by atoms with E-state index in [1.807, 2.05) is 30.3 Å². The highest BCUT2D eigenvalue weighted by molar-refractivity contribution is 5.97. The Balaban J connectivity index is 1.59. The number of hydrogen-bond acceptors (Lipinski definition) is 4. The number of aliphatic hydroxyl groups excluding tert-OH is 1. The smallest absolute Gasteiger partial charge is 0.257 e. The summed E-state index contributed by atoms with van der Waals surface area (Å²) in [5.74, 6) is 0.221. The van der Waals surface area contributed by atoms with E-state index in [1.54, 1.807) is 32.2 Å². The van der Waals surface area contributed by atoms with Gasteiger partial charge in [0, 0.05) is 18.3 Å². The Morgan fingerprint density at radius 1 is 1.24 bits per heavy atom. The molecule has 0 radical (unpaired) electrons. The SMILES string of the molecule is Cc1ccc(CNC(=O)c2cc(-c3ccccc3CCC(C)O)cnc2OCC2CC2)cc1F. The van der Waals surface area contributed by atoms with Crippen molar-refractivity contribution in [3.63, 3.8) is 0 Å². The Labute approximate surface area is 200 Å². The van der Waals surface area contributed by atoms with Gasteiger partial charge in [-0.1, -0.05) is 36.4 Å². The van der Waals surface area contributed by atoms with Crippen LogP contribution in [0.25, 0.3) is 11.1 Å². The molecule has 0 aliphatic heterocycles. The molecule has 1 heterocycles. The normalized spacial score (nSPS) is 14.0. The summed E-state index contributed by atoms with van der Waals surface area (Å²) in [5, 5.41) is 12.6. The maximum Gasteiger partial charge on any atom is 0.257 e. The van der Waals surface area contributed by atoms with Crippen LogP contribution in [0, 0.1) is 18.7 Å². The fraction of sp³-hybridized carbons (Fsp3) is 0.357. The van der Waals surface area contributed by atoms with Crippen molar-refractivity contribution < 1.29 is 19.0 Å². The molecule has 5 nitrogen and oxygen atoms in total. The van der Waals surface area contributed by atoms with Crippen LogP contribution < -0.4 is 10.1 Å². The molecule has 1 fully saturated rings. The summed E-state index contributed by atoms with van der Waals surface area (Å²) < 4.78 is 19.8. The van der Waals surface area contributed by atoms with E-state index in [0.29, 0.717) is 47.9 Å². The molecule has 1 atom stereocenters. The maximum atomic E-state index is 13.9. The number of pyridine rings is 1. The summed E-state index contributed by atoms with van der Waals surface area (Å²) in [6.45, 7) is 4.23. The average molecular weight is 463 g/mol. The minimum Gasteiger partial charge on any atom is -0.477 e. The van der Waals surface area contributed by atoms with Gasteiger partial charge in [0.15, 0.2) is 0 Å². The summed E-state index contributed by atoms with van der Waals surface area (Å²) in [6.07, 6.45) is 4.97. The minimum atomic E-state index is -0.391. The van der Waals surface area contributed by atoms with E-state index >= 15 is 0 Å². The van der Waals surface area contributed by atoms with Crippen LogP contribution >= 0.6 is 0 Å². The van der Waals surface area contributed by atoms with Gasteiger partial charge in [-0.3, -0.25) is 4.79 Å². The van der Waals surface area contributed by atoms with Gasteiger partial charge < -0.3 is 15.2 Å². The number of benzene rings is 2. The first-order chi connectivity index (χ1) is 16.4. The van der Waals surface area contributed by atoms with E-state index in [4.69, 9.17) is 4.74 Å². The van der Waals surface area contributed by atoms with Gasteiger partial charge in [0.1, 0.15) is 11.4 Å². The lowest BCUT2D eigenvalue weighted by atomic mass is 9.96. The van der Waals surface area contributed by atoms with E-state index in [0.717, 1.165) is 29.5 Å². The van der Waals surface area contributed by atoms with Gasteiger partial charge in [0.2, 0.25) is 5.88 Å². The number of hydrogen-bond donors (Lipinski definition) is 2. The van der Waals surface area contributed by atoms with Crippen molar-refractivity contribution >= 4 is 5.91 Å². The van der Waals surface area contributed by atoms with Gasteiger partial charge in [-0.15, -0.1) is 0 Å². The minimum absolute atomic E-state index is 0.202. The van der Waals surface area contributed by atoms with E-state index < -0.39 is 6.10 Å². The van der Waals surface area contributed by atoms with Crippen LogP contribution in [0.1, 0.15) is 53.2 Å². The van der Waals surface area contributed by atoms with Crippen LogP contribution in [-0.4, -0.2) is 28.7 Å². The van der Waals surface area contributed by atoms with Gasteiger partial charge in [-0.05, 0) is 79.8 Å². The number of carbonyl (C=O) groups excluding carboxylic acids is 1. The number of aryl methyl sites for hydroxylation is 2. The fourth-order valence-electron chi connectivity index (χ4n) is 3.77. The number of carbonyl (C=O) groups is 1. The third-order valence-corrected chi connectivity index (χ3v) is 6.10. The summed E-state index contributed by atoms with van der Waals surface area (Å²) in [5.41, 5.74) is 4.47. The second-order valence-corrected chi connectivity index (χ2v) is 9.14. The summed E-state index contributed by atoms with van der Waals surface area (Å²) >= 11 is 0. The molecule has 1 aromatic heterocycles. The van der Waals surface area contributed by atoms with Crippen molar-refractivity contribution in [2.75, 3.05) is 6.61 Å². The molecular weight excluding hydrogens is 431 g/mol. The van der Waals surface area contributed by atoms with Crippen LogP contribution in [0.4, 0.5) is 4.39 Å². The molecule has 178 valence electrons. The molecule has 1 amide bonds. The number of amides is 1. The summed E-state index contributed by atoms with van der Waals surface area (Å²) in [4.78, 5) is 17.7. The topological polar surface area (TPSA) is 71.5 Å². The van der Waals surface area contributed by atoms with Gasteiger partial charge in [0.05, 0.1) is 12.7 Å². The van der Waals surface area contributed by atoms with E-state index in [9.17, 15) is 14.3 Å². The van der Waals surface area contributed by atoms with Crippen LogP contribution in [0.3, 0.4) is 0 Å². The van der Waals surface area contributed by atoms with Gasteiger partial charge in [-0.2, -0.15) is 0 Å². The predicted octanol–water partition coefficient (Wildman–Crippen LogP) is 5.23. The molecule has 0 spiro atoms. The highest BCUT2D eigenvalue weighted by Crippen LogP contribution is 2.32. The molecule has 2 N–H and O–H groups in total. The van der Waals surface area contributed by atoms with E-state index in [2.05, 4.69) is 10.3 Å². The fourth-order valence-corrected chi connectivity index (χ4v) is 3.77. The number of halogens is 1. The van der Waals surface area contributed by atoms with Gasteiger partial charge >= 0.3 is 0 Å². The van der Waals surface area contributed by atoms with Crippen LogP contribution in [-0.2, 0) is 13.0 Å². The molecule has 34 heavy (non-hydrogen) atoms. The highest BCUT2D eigenvalue weighted by atomic mass is 19.1. The molecule has 3 aromatic rings. The van der Waals surface area contributed by atoms with Crippen LogP contribution in [0.2, 0.25) is 0 Å². The average Bonchev–Trinajstić information content (AvgIpc) is 3.66. The first-order valence-corrected chi connectivity index (χ1v) is 11.8. The zero-order valence-electron chi connectivity index (χ0n) is 19.7. The second kappa shape index (κ2) is 10.8. The number of nitrogens with one attached hydrogen (secondary N) is 1.